The molecule has 0 saturated carbocycles. The second-order valence-electron chi connectivity index (χ2n) is 9.57. The molecule has 5 rings (SSSR count). The summed E-state index contributed by atoms with van der Waals surface area (Å²) in [7, 11) is 0. The van der Waals surface area contributed by atoms with Crippen LogP contribution in [0.2, 0.25) is 0 Å². The highest BCUT2D eigenvalue weighted by molar-refractivity contribution is 5.95. The average Bonchev–Trinajstić information content (AvgIpc) is 3.31. The highest BCUT2D eigenvalue weighted by Gasteiger charge is 2.37. The Balaban J connectivity index is 1.42. The number of carbonyl (C=O) groups excluding carboxylic acids is 2. The summed E-state index contributed by atoms with van der Waals surface area (Å²) in [5.74, 6) is 1.96. The molecule has 174 valence electrons. The molecule has 0 radical (unpaired) electrons. The summed E-state index contributed by atoms with van der Waals surface area (Å²) in [6.45, 7) is 6.96. The van der Waals surface area contributed by atoms with Gasteiger partial charge in [-0.3, -0.25) is 19.4 Å². The first-order valence-corrected chi connectivity index (χ1v) is 12.2. The molecule has 33 heavy (non-hydrogen) atoms. The van der Waals surface area contributed by atoms with Crippen LogP contribution in [-0.4, -0.2) is 57.3 Å². The number of aromatic nitrogens is 2. The third kappa shape index (κ3) is 4.38. The van der Waals surface area contributed by atoms with E-state index in [2.05, 4.69) is 24.0 Å². The third-order valence-electron chi connectivity index (χ3n) is 7.51. The number of amides is 2. The van der Waals surface area contributed by atoms with Crippen LogP contribution in [0.5, 0.6) is 0 Å². The van der Waals surface area contributed by atoms with Crippen LogP contribution in [0.25, 0.3) is 0 Å². The molecule has 0 unspecified atom stereocenters. The minimum atomic E-state index is 0.135. The first-order chi connectivity index (χ1) is 16.0. The lowest BCUT2D eigenvalue weighted by Gasteiger charge is -2.39. The number of anilines is 1. The molecule has 2 aromatic rings. The van der Waals surface area contributed by atoms with Crippen molar-refractivity contribution >= 4 is 17.6 Å². The van der Waals surface area contributed by atoms with E-state index in [0.29, 0.717) is 25.4 Å². The number of hydrogen-bond donors (Lipinski definition) is 0. The van der Waals surface area contributed by atoms with E-state index in [1.165, 1.54) is 0 Å². The fourth-order valence-corrected chi connectivity index (χ4v) is 5.70. The van der Waals surface area contributed by atoms with E-state index < -0.39 is 0 Å². The number of rotatable bonds is 4. The summed E-state index contributed by atoms with van der Waals surface area (Å²) in [5, 5.41) is 0. The van der Waals surface area contributed by atoms with Crippen molar-refractivity contribution in [2.75, 3.05) is 24.5 Å². The summed E-state index contributed by atoms with van der Waals surface area (Å²) < 4.78 is 0. The van der Waals surface area contributed by atoms with Gasteiger partial charge in [-0.1, -0.05) is 30.3 Å². The molecule has 4 heterocycles. The molecule has 0 bridgehead atoms. The molecule has 1 aromatic heterocycles. The number of carbonyl (C=O) groups is 2. The van der Waals surface area contributed by atoms with E-state index in [1.807, 2.05) is 28.0 Å². The van der Waals surface area contributed by atoms with Gasteiger partial charge in [0.25, 0.3) is 0 Å². The maximum absolute atomic E-state index is 12.9. The lowest BCUT2D eigenvalue weighted by Crippen LogP contribution is -2.46. The smallest absolute Gasteiger partial charge is 0.228 e. The number of piperidine rings is 1. The van der Waals surface area contributed by atoms with Crippen molar-refractivity contribution in [1.82, 2.24) is 19.8 Å². The van der Waals surface area contributed by atoms with E-state index in [-0.39, 0.29) is 17.9 Å². The standard InChI is InChI=1S/C26H33N5O2/c1-18-22-10-11-24(33)31(17-20-7-4-3-5-8-20)26(22)28-25(27-18)23-9-6-14-30(23)21-12-15-29(16-13-21)19(2)32/h3-5,7-8,21,23H,6,9-17H2,1-2H3/t23-/m1/s1. The maximum atomic E-state index is 12.9. The van der Waals surface area contributed by atoms with Crippen LogP contribution < -0.4 is 4.90 Å². The van der Waals surface area contributed by atoms with Crippen LogP contribution in [0.3, 0.4) is 0 Å². The van der Waals surface area contributed by atoms with Crippen LogP contribution in [0.1, 0.15) is 67.7 Å². The predicted molar refractivity (Wildman–Crippen MR) is 127 cm³/mol. The van der Waals surface area contributed by atoms with Gasteiger partial charge in [0.1, 0.15) is 11.6 Å². The second kappa shape index (κ2) is 9.21. The zero-order valence-corrected chi connectivity index (χ0v) is 19.7. The Morgan fingerprint density at radius 3 is 2.52 bits per heavy atom. The van der Waals surface area contributed by atoms with Gasteiger partial charge >= 0.3 is 0 Å². The van der Waals surface area contributed by atoms with Crippen molar-refractivity contribution < 1.29 is 9.59 Å². The first kappa shape index (κ1) is 22.0. The predicted octanol–water partition coefficient (Wildman–Crippen LogP) is 3.41. The molecule has 1 aromatic carbocycles. The molecule has 2 saturated heterocycles. The van der Waals surface area contributed by atoms with Gasteiger partial charge in [-0.05, 0) is 51.1 Å². The summed E-state index contributed by atoms with van der Waals surface area (Å²) in [5.41, 5.74) is 3.21. The molecular weight excluding hydrogens is 414 g/mol. The largest absolute Gasteiger partial charge is 0.343 e. The van der Waals surface area contributed by atoms with Crippen molar-refractivity contribution in [2.24, 2.45) is 0 Å². The maximum Gasteiger partial charge on any atom is 0.228 e. The van der Waals surface area contributed by atoms with Gasteiger partial charge in [-0.2, -0.15) is 0 Å². The quantitative estimate of drug-likeness (QED) is 0.718. The fraction of sp³-hybridized carbons (Fsp3) is 0.538. The Labute approximate surface area is 195 Å². The van der Waals surface area contributed by atoms with Crippen molar-refractivity contribution in [3.05, 3.63) is 53.0 Å². The Morgan fingerprint density at radius 1 is 1.03 bits per heavy atom. The Morgan fingerprint density at radius 2 is 1.79 bits per heavy atom. The fourth-order valence-electron chi connectivity index (χ4n) is 5.70. The molecular formula is C26H33N5O2. The number of hydrogen-bond acceptors (Lipinski definition) is 5. The van der Waals surface area contributed by atoms with Gasteiger partial charge in [0, 0.05) is 43.7 Å². The lowest BCUT2D eigenvalue weighted by atomic mass is 10.0. The van der Waals surface area contributed by atoms with Crippen LogP contribution in [0.15, 0.2) is 30.3 Å². The highest BCUT2D eigenvalue weighted by Crippen LogP contribution is 2.37. The van der Waals surface area contributed by atoms with Crippen LogP contribution in [-0.2, 0) is 22.6 Å². The van der Waals surface area contributed by atoms with Gasteiger partial charge in [0.05, 0.1) is 12.6 Å². The number of likely N-dealkylation sites (tertiary alicyclic amines) is 2. The van der Waals surface area contributed by atoms with E-state index >= 15 is 0 Å². The molecule has 3 aliphatic rings. The monoisotopic (exact) mass is 447 g/mol. The minimum absolute atomic E-state index is 0.135. The number of nitrogens with zero attached hydrogens (tertiary/aromatic N) is 5. The zero-order chi connectivity index (χ0) is 22.9. The SMILES string of the molecule is CC(=O)N1CCC(N2CCC[C@@H]2c2nc(C)c3c(n2)N(Cc2ccccc2)C(=O)CC3)CC1. The minimum Gasteiger partial charge on any atom is -0.343 e. The summed E-state index contributed by atoms with van der Waals surface area (Å²) in [4.78, 5) is 41.1. The lowest BCUT2D eigenvalue weighted by molar-refractivity contribution is -0.130. The van der Waals surface area contributed by atoms with Crippen molar-refractivity contribution in [3.63, 3.8) is 0 Å². The number of fused-ring (bicyclic) bond motifs is 1. The third-order valence-corrected chi connectivity index (χ3v) is 7.51. The topological polar surface area (TPSA) is 69.6 Å². The van der Waals surface area contributed by atoms with Crippen molar-refractivity contribution in [1.29, 1.82) is 0 Å². The summed E-state index contributed by atoms with van der Waals surface area (Å²) in [6.07, 6.45) is 5.38. The Hall–Kier alpha value is -2.80. The molecule has 2 fully saturated rings. The van der Waals surface area contributed by atoms with Crippen molar-refractivity contribution in [2.45, 2.75) is 71.0 Å². The normalized spacial score (nSPS) is 22.0. The van der Waals surface area contributed by atoms with E-state index in [0.717, 1.165) is 73.8 Å². The highest BCUT2D eigenvalue weighted by atomic mass is 16.2. The molecule has 0 aliphatic carbocycles. The van der Waals surface area contributed by atoms with Crippen LogP contribution in [0.4, 0.5) is 5.82 Å². The van der Waals surface area contributed by atoms with Gasteiger partial charge in [-0.15, -0.1) is 0 Å². The van der Waals surface area contributed by atoms with E-state index in [1.54, 1.807) is 6.92 Å². The second-order valence-corrected chi connectivity index (χ2v) is 9.57. The number of aryl methyl sites for hydroxylation is 1. The summed E-state index contributed by atoms with van der Waals surface area (Å²) in [6, 6.07) is 10.8. The molecule has 0 spiro atoms. The molecule has 3 aliphatic heterocycles. The molecule has 0 N–H and O–H groups in total. The molecule has 2 amide bonds. The van der Waals surface area contributed by atoms with Gasteiger partial charge in [-0.25, -0.2) is 9.97 Å². The molecule has 7 nitrogen and oxygen atoms in total. The van der Waals surface area contributed by atoms with E-state index in [4.69, 9.17) is 9.97 Å². The molecule has 1 atom stereocenters. The Kier molecular flexibility index (Phi) is 6.15. The van der Waals surface area contributed by atoms with Gasteiger partial charge < -0.3 is 4.90 Å². The van der Waals surface area contributed by atoms with Gasteiger partial charge in [0.2, 0.25) is 11.8 Å². The average molecular weight is 448 g/mol. The van der Waals surface area contributed by atoms with Crippen molar-refractivity contribution in [3.8, 4) is 0 Å². The van der Waals surface area contributed by atoms with Crippen LogP contribution in [0, 0.1) is 6.92 Å². The van der Waals surface area contributed by atoms with Gasteiger partial charge in [0.15, 0.2) is 0 Å². The zero-order valence-electron chi connectivity index (χ0n) is 19.7. The Bertz CT molecular complexity index is 1030. The first-order valence-electron chi connectivity index (χ1n) is 12.2. The number of benzene rings is 1. The molecule has 7 heteroatoms. The summed E-state index contributed by atoms with van der Waals surface area (Å²) >= 11 is 0. The van der Waals surface area contributed by atoms with E-state index in [9.17, 15) is 9.59 Å². The van der Waals surface area contributed by atoms with Crippen LogP contribution >= 0.6 is 0 Å².